The van der Waals surface area contributed by atoms with Gasteiger partial charge in [-0.2, -0.15) is 0 Å². The average molecular weight is 363 g/mol. The highest BCUT2D eigenvalue weighted by atomic mass is 32.2. The van der Waals surface area contributed by atoms with E-state index in [9.17, 15) is 13.2 Å². The van der Waals surface area contributed by atoms with Crippen LogP contribution < -0.4 is 4.72 Å². The molecule has 2 aromatic rings. The molecular formula is C17H21N3O4S. The van der Waals surface area contributed by atoms with Crippen molar-refractivity contribution in [2.75, 3.05) is 13.1 Å². The Bertz CT molecular complexity index is 889. The summed E-state index contributed by atoms with van der Waals surface area (Å²) in [5, 5.41) is 3.84. The number of hydrogen-bond donors (Lipinski definition) is 1. The van der Waals surface area contributed by atoms with Crippen LogP contribution in [-0.4, -0.2) is 37.5 Å². The van der Waals surface area contributed by atoms with Gasteiger partial charge >= 0.3 is 0 Å². The molecule has 0 saturated carbocycles. The van der Waals surface area contributed by atoms with Crippen LogP contribution in [0.15, 0.2) is 33.7 Å². The molecule has 3 rings (SSSR count). The average Bonchev–Trinajstić information content (AvgIpc) is 2.99. The molecular weight excluding hydrogens is 342 g/mol. The summed E-state index contributed by atoms with van der Waals surface area (Å²) in [7, 11) is -3.61. The van der Waals surface area contributed by atoms with Gasteiger partial charge in [0, 0.05) is 39.0 Å². The second-order valence-corrected chi connectivity index (χ2v) is 7.96. The maximum Gasteiger partial charge on any atom is 0.240 e. The predicted molar refractivity (Wildman–Crippen MR) is 91.4 cm³/mol. The molecule has 8 heteroatoms. The maximum absolute atomic E-state index is 12.5. The van der Waals surface area contributed by atoms with E-state index in [0.717, 1.165) is 17.5 Å². The fourth-order valence-electron chi connectivity index (χ4n) is 2.90. The minimum absolute atomic E-state index is 0.0000549. The quantitative estimate of drug-likeness (QED) is 0.867. The number of nitrogens with zero attached hydrogens (tertiary/aromatic N) is 2. The van der Waals surface area contributed by atoms with Crippen LogP contribution in [0.1, 0.15) is 29.5 Å². The highest BCUT2D eigenvalue weighted by Crippen LogP contribution is 2.22. The Kier molecular flexibility index (Phi) is 4.91. The summed E-state index contributed by atoms with van der Waals surface area (Å²) in [5.41, 5.74) is 2.69. The van der Waals surface area contributed by atoms with Gasteiger partial charge in [-0.25, -0.2) is 13.1 Å². The lowest BCUT2D eigenvalue weighted by molar-refractivity contribution is -0.129. The van der Waals surface area contributed by atoms with Crippen molar-refractivity contribution >= 4 is 15.9 Å². The van der Waals surface area contributed by atoms with Gasteiger partial charge in [0.15, 0.2) is 0 Å². The van der Waals surface area contributed by atoms with E-state index in [2.05, 4.69) is 9.88 Å². The molecule has 1 aliphatic heterocycles. The van der Waals surface area contributed by atoms with Crippen molar-refractivity contribution in [3.63, 3.8) is 0 Å². The van der Waals surface area contributed by atoms with Gasteiger partial charge < -0.3 is 9.42 Å². The molecule has 0 saturated heterocycles. The van der Waals surface area contributed by atoms with Crippen molar-refractivity contribution < 1.29 is 17.7 Å². The molecule has 1 N–H and O–H groups in total. The van der Waals surface area contributed by atoms with Gasteiger partial charge in [0.2, 0.25) is 15.9 Å². The van der Waals surface area contributed by atoms with Crippen molar-refractivity contribution in [3.05, 3.63) is 46.8 Å². The van der Waals surface area contributed by atoms with Gasteiger partial charge in [-0.3, -0.25) is 4.79 Å². The first kappa shape index (κ1) is 17.6. The fraction of sp³-hybridized carbons (Fsp3) is 0.412. The van der Waals surface area contributed by atoms with E-state index in [1.807, 2.05) is 6.07 Å². The minimum atomic E-state index is -3.61. The number of hydrogen-bond acceptors (Lipinski definition) is 5. The number of nitrogens with one attached hydrogen (secondary N) is 1. The first-order valence-electron chi connectivity index (χ1n) is 8.14. The zero-order valence-corrected chi connectivity index (χ0v) is 15.1. The van der Waals surface area contributed by atoms with Gasteiger partial charge in [0.25, 0.3) is 0 Å². The summed E-state index contributed by atoms with van der Waals surface area (Å²) >= 11 is 0. The van der Waals surface area contributed by atoms with Gasteiger partial charge in [-0.1, -0.05) is 11.2 Å². The molecule has 0 spiro atoms. The summed E-state index contributed by atoms with van der Waals surface area (Å²) in [6.45, 7) is 4.68. The van der Waals surface area contributed by atoms with E-state index in [-0.39, 0.29) is 17.3 Å². The Morgan fingerprint density at radius 3 is 2.80 bits per heavy atom. The summed E-state index contributed by atoms with van der Waals surface area (Å²) < 4.78 is 32.5. The number of aromatic nitrogens is 1. The molecule has 0 radical (unpaired) electrons. The third kappa shape index (κ3) is 4.08. The number of amides is 1. The summed E-state index contributed by atoms with van der Waals surface area (Å²) in [4.78, 5) is 13.5. The zero-order chi connectivity index (χ0) is 18.0. The molecule has 25 heavy (non-hydrogen) atoms. The molecule has 2 heterocycles. The summed E-state index contributed by atoms with van der Waals surface area (Å²) in [5.74, 6) is 0.697. The first-order valence-corrected chi connectivity index (χ1v) is 9.62. The van der Waals surface area contributed by atoms with Crippen LogP contribution in [0.4, 0.5) is 0 Å². The number of carbonyl (C=O) groups is 1. The molecule has 0 unspecified atom stereocenters. The smallest absolute Gasteiger partial charge is 0.240 e. The standard InChI is InChI=1S/C17H21N3O4S/c1-12-9-16(19-24-12)5-7-18-25(22,23)17-4-3-14-6-8-20(13(2)21)11-15(14)10-17/h3-4,9-10,18H,5-8,11H2,1-2H3. The van der Waals surface area contributed by atoms with Crippen LogP contribution in [0.2, 0.25) is 0 Å². The summed E-state index contributed by atoms with van der Waals surface area (Å²) in [6.07, 6.45) is 1.20. The number of rotatable bonds is 5. The Morgan fingerprint density at radius 2 is 2.12 bits per heavy atom. The Labute approximate surface area is 147 Å². The predicted octanol–water partition coefficient (Wildman–Crippen LogP) is 1.41. The highest BCUT2D eigenvalue weighted by molar-refractivity contribution is 7.89. The van der Waals surface area contributed by atoms with Crippen molar-refractivity contribution in [1.29, 1.82) is 0 Å². The largest absolute Gasteiger partial charge is 0.361 e. The van der Waals surface area contributed by atoms with Crippen LogP contribution in [0, 0.1) is 6.92 Å². The van der Waals surface area contributed by atoms with E-state index in [0.29, 0.717) is 31.0 Å². The molecule has 0 atom stereocenters. The van der Waals surface area contributed by atoms with Crippen molar-refractivity contribution in [1.82, 2.24) is 14.8 Å². The Hall–Kier alpha value is -2.19. The lowest BCUT2D eigenvalue weighted by Gasteiger charge is -2.28. The number of aryl methyl sites for hydroxylation is 1. The molecule has 7 nitrogen and oxygen atoms in total. The van der Waals surface area contributed by atoms with E-state index in [4.69, 9.17) is 4.52 Å². The van der Waals surface area contributed by atoms with Gasteiger partial charge in [-0.05, 0) is 36.6 Å². The lowest BCUT2D eigenvalue weighted by atomic mass is 10.00. The molecule has 134 valence electrons. The Morgan fingerprint density at radius 1 is 1.32 bits per heavy atom. The van der Waals surface area contributed by atoms with E-state index < -0.39 is 10.0 Å². The molecule has 1 aromatic heterocycles. The summed E-state index contributed by atoms with van der Waals surface area (Å²) in [6, 6.07) is 6.89. The topological polar surface area (TPSA) is 92.5 Å². The number of fused-ring (bicyclic) bond motifs is 1. The molecule has 1 aromatic carbocycles. The van der Waals surface area contributed by atoms with Crippen LogP contribution in [0.25, 0.3) is 0 Å². The minimum Gasteiger partial charge on any atom is -0.361 e. The van der Waals surface area contributed by atoms with Crippen LogP contribution in [-0.2, 0) is 34.2 Å². The first-order chi connectivity index (χ1) is 11.8. The van der Waals surface area contributed by atoms with Crippen molar-refractivity contribution in [3.8, 4) is 0 Å². The second kappa shape index (κ2) is 6.97. The zero-order valence-electron chi connectivity index (χ0n) is 14.3. The Balaban J connectivity index is 1.70. The molecule has 1 aliphatic rings. The van der Waals surface area contributed by atoms with Crippen LogP contribution in [0.5, 0.6) is 0 Å². The number of sulfonamides is 1. The molecule has 0 bridgehead atoms. The second-order valence-electron chi connectivity index (χ2n) is 6.20. The van der Waals surface area contributed by atoms with Gasteiger partial charge in [-0.15, -0.1) is 0 Å². The van der Waals surface area contributed by atoms with E-state index >= 15 is 0 Å². The van der Waals surface area contributed by atoms with Crippen molar-refractivity contribution in [2.45, 2.75) is 38.1 Å². The number of benzene rings is 1. The molecule has 1 amide bonds. The monoisotopic (exact) mass is 363 g/mol. The van der Waals surface area contributed by atoms with Gasteiger partial charge in [0.05, 0.1) is 10.6 Å². The normalized spacial score (nSPS) is 14.4. The third-order valence-corrected chi connectivity index (χ3v) is 5.75. The maximum atomic E-state index is 12.5. The highest BCUT2D eigenvalue weighted by Gasteiger charge is 2.21. The lowest BCUT2D eigenvalue weighted by Crippen LogP contribution is -2.34. The number of carbonyl (C=O) groups excluding carboxylic acids is 1. The van der Waals surface area contributed by atoms with Gasteiger partial charge in [0.1, 0.15) is 5.76 Å². The van der Waals surface area contributed by atoms with E-state index in [1.165, 1.54) is 6.92 Å². The van der Waals surface area contributed by atoms with Crippen molar-refractivity contribution in [2.24, 2.45) is 0 Å². The van der Waals surface area contributed by atoms with Crippen LogP contribution in [0.3, 0.4) is 0 Å². The SMILES string of the molecule is CC(=O)N1CCc2ccc(S(=O)(=O)NCCc3cc(C)on3)cc2C1. The van der Waals surface area contributed by atoms with Crippen LogP contribution >= 0.6 is 0 Å². The van der Waals surface area contributed by atoms with E-state index in [1.54, 1.807) is 30.0 Å². The molecule has 0 fully saturated rings. The fourth-order valence-corrected chi connectivity index (χ4v) is 3.98. The molecule has 0 aliphatic carbocycles. The third-order valence-electron chi connectivity index (χ3n) is 4.30.